The molecule has 0 bridgehead atoms. The molecule has 192 valence electrons. The maximum absolute atomic E-state index is 12.7. The second-order valence-electron chi connectivity index (χ2n) is 7.86. The molecule has 0 saturated heterocycles. The average Bonchev–Trinajstić information content (AvgIpc) is 3.37. The Morgan fingerprint density at radius 1 is 1.08 bits per heavy atom. The molecule has 1 amide bonds. The van der Waals surface area contributed by atoms with Crippen LogP contribution in [0.3, 0.4) is 0 Å². The van der Waals surface area contributed by atoms with Gasteiger partial charge in [0.05, 0.1) is 4.90 Å². The minimum absolute atomic E-state index is 0.0798. The molecule has 0 atom stereocenters. The Morgan fingerprint density at radius 3 is 2.57 bits per heavy atom. The lowest BCUT2D eigenvalue weighted by molar-refractivity contribution is -0.122. The van der Waals surface area contributed by atoms with Gasteiger partial charge in [-0.1, -0.05) is 53.7 Å². The first-order valence-electron chi connectivity index (χ1n) is 11.2. The maximum Gasteiger partial charge on any atom is 0.261 e. The average molecular weight is 558 g/mol. The standard InChI is InChI=1S/C25H24ClN5O4S2/c1-17-15-21(37(33,34)31-20-9-7-19(26)8-10-20)11-12-22(17)35-16-23(32)27-13-14-36-25-28-24(29-30-25)18-5-3-2-4-6-18/h2-12,15,31H,13-14,16H2,1H3,(H,27,32)(H,28,29,30). The number of carbonyl (C=O) groups is 1. The van der Waals surface area contributed by atoms with E-state index in [1.165, 1.54) is 30.0 Å². The highest BCUT2D eigenvalue weighted by Crippen LogP contribution is 2.24. The van der Waals surface area contributed by atoms with E-state index < -0.39 is 10.0 Å². The number of anilines is 1. The number of aryl methyl sites for hydroxylation is 1. The highest BCUT2D eigenvalue weighted by molar-refractivity contribution is 7.99. The summed E-state index contributed by atoms with van der Waals surface area (Å²) in [5, 5.41) is 11.0. The molecule has 1 aromatic heterocycles. The molecule has 9 nitrogen and oxygen atoms in total. The Bertz CT molecular complexity index is 1460. The van der Waals surface area contributed by atoms with Crippen molar-refractivity contribution in [3.05, 3.63) is 83.4 Å². The van der Waals surface area contributed by atoms with Gasteiger partial charge >= 0.3 is 0 Å². The van der Waals surface area contributed by atoms with Crippen molar-refractivity contribution in [1.82, 2.24) is 20.5 Å². The Labute approximate surface area is 224 Å². The number of rotatable bonds is 11. The van der Waals surface area contributed by atoms with Gasteiger partial charge in [-0.3, -0.25) is 14.6 Å². The minimum atomic E-state index is -3.79. The van der Waals surface area contributed by atoms with E-state index in [9.17, 15) is 13.2 Å². The van der Waals surface area contributed by atoms with Crippen LogP contribution in [0.25, 0.3) is 11.4 Å². The van der Waals surface area contributed by atoms with Crippen LogP contribution in [0.15, 0.2) is 82.8 Å². The normalized spacial score (nSPS) is 11.2. The van der Waals surface area contributed by atoms with Crippen LogP contribution in [0.1, 0.15) is 5.56 Å². The monoisotopic (exact) mass is 557 g/mol. The lowest BCUT2D eigenvalue weighted by atomic mass is 10.2. The Hall–Kier alpha value is -3.54. The molecule has 12 heteroatoms. The van der Waals surface area contributed by atoms with Gasteiger partial charge in [-0.15, -0.1) is 5.10 Å². The van der Waals surface area contributed by atoms with Crippen LogP contribution in [0.2, 0.25) is 5.02 Å². The number of nitrogens with one attached hydrogen (secondary N) is 3. The van der Waals surface area contributed by atoms with E-state index in [4.69, 9.17) is 16.3 Å². The van der Waals surface area contributed by atoms with Gasteiger partial charge in [-0.25, -0.2) is 13.4 Å². The summed E-state index contributed by atoms with van der Waals surface area (Å²) in [5.74, 6) is 1.41. The summed E-state index contributed by atoms with van der Waals surface area (Å²) in [4.78, 5) is 16.7. The fourth-order valence-corrected chi connectivity index (χ4v) is 5.17. The molecule has 0 saturated carbocycles. The van der Waals surface area contributed by atoms with Crippen LogP contribution in [0, 0.1) is 6.92 Å². The first kappa shape index (κ1) is 26.5. The number of ether oxygens (including phenoxy) is 1. The van der Waals surface area contributed by atoms with Gasteiger partial charge in [0, 0.05) is 28.6 Å². The molecule has 4 aromatic rings. The molecule has 3 N–H and O–H groups in total. The molecule has 0 radical (unpaired) electrons. The fourth-order valence-electron chi connectivity index (χ4n) is 3.25. The topological polar surface area (TPSA) is 126 Å². The summed E-state index contributed by atoms with van der Waals surface area (Å²) in [7, 11) is -3.79. The lowest BCUT2D eigenvalue weighted by Gasteiger charge is -2.12. The summed E-state index contributed by atoms with van der Waals surface area (Å²) in [5.41, 5.74) is 1.93. The van der Waals surface area contributed by atoms with Crippen LogP contribution >= 0.6 is 23.4 Å². The lowest BCUT2D eigenvalue weighted by Crippen LogP contribution is -2.30. The number of hydrogen-bond acceptors (Lipinski definition) is 7. The van der Waals surface area contributed by atoms with Crippen molar-refractivity contribution in [1.29, 1.82) is 0 Å². The van der Waals surface area contributed by atoms with Gasteiger partial charge in [0.1, 0.15) is 5.75 Å². The molecule has 4 rings (SSSR count). The van der Waals surface area contributed by atoms with E-state index in [-0.39, 0.29) is 17.4 Å². The Balaban J connectivity index is 1.22. The number of amides is 1. The number of H-pyrrole nitrogens is 1. The molecule has 0 aliphatic carbocycles. The molecule has 0 spiro atoms. The van der Waals surface area contributed by atoms with E-state index in [0.29, 0.717) is 45.3 Å². The quantitative estimate of drug-likeness (QED) is 0.183. The van der Waals surface area contributed by atoms with E-state index in [1.54, 1.807) is 31.2 Å². The van der Waals surface area contributed by atoms with Crippen LogP contribution in [0.5, 0.6) is 5.75 Å². The van der Waals surface area contributed by atoms with Crippen molar-refractivity contribution in [3.63, 3.8) is 0 Å². The Morgan fingerprint density at radius 2 is 1.84 bits per heavy atom. The molecule has 1 heterocycles. The maximum atomic E-state index is 12.7. The second kappa shape index (κ2) is 12.1. The zero-order valence-corrected chi connectivity index (χ0v) is 22.2. The van der Waals surface area contributed by atoms with Crippen molar-refractivity contribution >= 4 is 45.0 Å². The van der Waals surface area contributed by atoms with Crippen LogP contribution < -0.4 is 14.8 Å². The summed E-state index contributed by atoms with van der Waals surface area (Å²) in [6.07, 6.45) is 0. The van der Waals surface area contributed by atoms with E-state index >= 15 is 0 Å². The Kier molecular flexibility index (Phi) is 8.70. The van der Waals surface area contributed by atoms with Gasteiger partial charge in [0.25, 0.3) is 15.9 Å². The van der Waals surface area contributed by atoms with E-state index in [1.807, 2.05) is 30.3 Å². The minimum Gasteiger partial charge on any atom is -0.484 e. The summed E-state index contributed by atoms with van der Waals surface area (Å²) < 4.78 is 33.4. The van der Waals surface area contributed by atoms with Crippen LogP contribution in [-0.4, -0.2) is 48.4 Å². The highest BCUT2D eigenvalue weighted by atomic mass is 35.5. The number of thioether (sulfide) groups is 1. The number of halogens is 1. The number of aromatic amines is 1. The van der Waals surface area contributed by atoms with Gasteiger partial charge in [0.2, 0.25) is 5.16 Å². The van der Waals surface area contributed by atoms with Crippen LogP contribution in [0.4, 0.5) is 5.69 Å². The van der Waals surface area contributed by atoms with Gasteiger partial charge in [-0.05, 0) is 55.0 Å². The predicted octanol–water partition coefficient (Wildman–Crippen LogP) is 4.52. The third-order valence-electron chi connectivity index (χ3n) is 5.08. The third-order valence-corrected chi connectivity index (χ3v) is 7.56. The largest absolute Gasteiger partial charge is 0.484 e. The van der Waals surface area contributed by atoms with E-state index in [2.05, 4.69) is 25.2 Å². The van der Waals surface area contributed by atoms with Crippen molar-refractivity contribution < 1.29 is 17.9 Å². The first-order chi connectivity index (χ1) is 17.8. The number of hydrogen-bond donors (Lipinski definition) is 3. The molecule has 0 unspecified atom stereocenters. The molecule has 3 aromatic carbocycles. The van der Waals surface area contributed by atoms with Gasteiger partial charge in [-0.2, -0.15) is 0 Å². The van der Waals surface area contributed by atoms with Crippen molar-refractivity contribution in [3.8, 4) is 17.1 Å². The molecular formula is C25H24ClN5O4S2. The number of aromatic nitrogens is 3. The molecule has 37 heavy (non-hydrogen) atoms. The number of benzene rings is 3. The van der Waals surface area contributed by atoms with Gasteiger partial charge < -0.3 is 10.1 Å². The SMILES string of the molecule is Cc1cc(S(=O)(=O)Nc2ccc(Cl)cc2)ccc1OCC(=O)NCCSc1n[nH]c(-c2ccccc2)n1. The van der Waals surface area contributed by atoms with Crippen LogP contribution in [-0.2, 0) is 14.8 Å². The zero-order chi connectivity index (χ0) is 26.3. The molecule has 0 aliphatic heterocycles. The third kappa shape index (κ3) is 7.48. The number of carbonyl (C=O) groups excluding carboxylic acids is 1. The van der Waals surface area contributed by atoms with Crippen molar-refractivity contribution in [2.45, 2.75) is 17.0 Å². The molecule has 0 fully saturated rings. The predicted molar refractivity (Wildman–Crippen MR) is 144 cm³/mol. The number of sulfonamides is 1. The second-order valence-corrected chi connectivity index (χ2v) is 11.0. The highest BCUT2D eigenvalue weighted by Gasteiger charge is 2.16. The summed E-state index contributed by atoms with van der Waals surface area (Å²) in [6, 6.07) is 20.5. The number of nitrogens with zero attached hydrogens (tertiary/aromatic N) is 2. The summed E-state index contributed by atoms with van der Waals surface area (Å²) in [6.45, 7) is 1.93. The molecule has 0 aliphatic rings. The van der Waals surface area contributed by atoms with Gasteiger partial charge in [0.15, 0.2) is 12.4 Å². The summed E-state index contributed by atoms with van der Waals surface area (Å²) >= 11 is 7.27. The smallest absolute Gasteiger partial charge is 0.261 e. The first-order valence-corrected chi connectivity index (χ1v) is 14.0. The molecular weight excluding hydrogens is 534 g/mol. The van der Waals surface area contributed by atoms with Crippen molar-refractivity contribution in [2.24, 2.45) is 0 Å². The zero-order valence-electron chi connectivity index (χ0n) is 19.8. The van der Waals surface area contributed by atoms with E-state index in [0.717, 1.165) is 5.56 Å². The fraction of sp³-hybridized carbons (Fsp3) is 0.160. The van der Waals surface area contributed by atoms with Crippen molar-refractivity contribution in [2.75, 3.05) is 23.6 Å².